The van der Waals surface area contributed by atoms with Crippen LogP contribution in [0.15, 0.2) is 35.7 Å². The molecule has 0 saturated heterocycles. The van der Waals surface area contributed by atoms with Crippen molar-refractivity contribution in [1.29, 1.82) is 0 Å². The molecule has 1 saturated carbocycles. The number of esters is 1. The number of rotatable bonds is 9. The third-order valence-corrected chi connectivity index (χ3v) is 9.39. The Labute approximate surface area is 277 Å². The van der Waals surface area contributed by atoms with E-state index in [1.54, 1.807) is 26.1 Å². The molecule has 5 rings (SSSR count). The Bertz CT molecular complexity index is 1660. The number of fused-ring (bicyclic) bond motifs is 2. The fraction of sp³-hybridized carbons (Fsp3) is 0.500. The molecule has 13 heteroatoms. The second-order valence-electron chi connectivity index (χ2n) is 12.2. The van der Waals surface area contributed by atoms with Crippen LogP contribution in [0.3, 0.4) is 0 Å². The highest BCUT2D eigenvalue weighted by molar-refractivity contribution is 7.13. The van der Waals surface area contributed by atoms with Crippen LogP contribution in [-0.2, 0) is 14.3 Å². The van der Waals surface area contributed by atoms with Gasteiger partial charge in [0.2, 0.25) is 5.91 Å². The summed E-state index contributed by atoms with van der Waals surface area (Å²) in [6.07, 6.45) is 6.95. The number of nitrogens with one attached hydrogen (secondary N) is 2. The maximum Gasteiger partial charge on any atom is 0.332 e. The minimum Gasteiger partial charge on any atom is -0.494 e. The standard InChI is InChI=1S/C34H42FN5O6S/c1-6-45-32(42)34-18-21(34)11-9-7-8-10-15-40(4)33(43)38-23(30(41)39-34)14-16-46-27-17-24(31-37-25(19-47-31)20(2)3)36-29-22(27)12-13-26(44-5)28(29)35/h9,11-13,17,19-21,23H,6-8,10,14-16,18H2,1-5H3,(H,38,43)(H,39,41)/t21-,23+,34-/m1/s1. The maximum atomic E-state index is 15.5. The quantitative estimate of drug-likeness (QED) is 0.223. The van der Waals surface area contributed by atoms with Crippen LogP contribution in [0.25, 0.3) is 21.6 Å². The van der Waals surface area contributed by atoms with E-state index in [9.17, 15) is 14.4 Å². The molecule has 252 valence electrons. The Morgan fingerprint density at radius 1 is 1.21 bits per heavy atom. The van der Waals surface area contributed by atoms with Crippen molar-refractivity contribution in [2.24, 2.45) is 5.92 Å². The SMILES string of the molecule is CCOC(=O)[C@@]12C[C@H]1C=CCCCCN(C)C(=O)N[C@@H](CCOc1cc(-c3nc(C(C)C)cs3)nc3c(F)c(OC)ccc13)C(=O)N2. The first-order valence-corrected chi connectivity index (χ1v) is 16.9. The number of hydrogen-bond donors (Lipinski definition) is 2. The number of aromatic nitrogens is 2. The molecule has 2 aliphatic rings. The molecule has 0 unspecified atom stereocenters. The molecule has 47 heavy (non-hydrogen) atoms. The van der Waals surface area contributed by atoms with Crippen molar-refractivity contribution in [3.05, 3.63) is 47.2 Å². The van der Waals surface area contributed by atoms with Crippen LogP contribution < -0.4 is 20.1 Å². The number of thiazole rings is 1. The van der Waals surface area contributed by atoms with Gasteiger partial charge in [0.15, 0.2) is 11.6 Å². The number of benzene rings is 1. The Morgan fingerprint density at radius 3 is 2.74 bits per heavy atom. The van der Waals surface area contributed by atoms with E-state index in [2.05, 4.69) is 20.6 Å². The van der Waals surface area contributed by atoms with Crippen molar-refractivity contribution in [2.45, 2.75) is 70.4 Å². The second-order valence-corrected chi connectivity index (χ2v) is 13.1. The Kier molecular flexibility index (Phi) is 10.6. The summed E-state index contributed by atoms with van der Waals surface area (Å²) >= 11 is 1.40. The van der Waals surface area contributed by atoms with Crippen LogP contribution in [0.5, 0.6) is 11.5 Å². The number of carbonyl (C=O) groups is 3. The highest BCUT2D eigenvalue weighted by Gasteiger charge is 2.61. The lowest BCUT2D eigenvalue weighted by Crippen LogP contribution is -2.56. The van der Waals surface area contributed by atoms with E-state index < -0.39 is 35.3 Å². The van der Waals surface area contributed by atoms with Crippen LogP contribution in [-0.4, -0.2) is 78.3 Å². The molecule has 0 bridgehead atoms. The van der Waals surface area contributed by atoms with E-state index in [4.69, 9.17) is 14.2 Å². The van der Waals surface area contributed by atoms with Crippen molar-refractivity contribution < 1.29 is 33.0 Å². The van der Waals surface area contributed by atoms with Gasteiger partial charge in [-0.1, -0.05) is 26.0 Å². The maximum absolute atomic E-state index is 15.5. The summed E-state index contributed by atoms with van der Waals surface area (Å²) < 4.78 is 32.2. The average molecular weight is 668 g/mol. The van der Waals surface area contributed by atoms with Gasteiger partial charge in [0, 0.05) is 42.8 Å². The topological polar surface area (TPSA) is 132 Å². The number of halogens is 1. The van der Waals surface area contributed by atoms with Gasteiger partial charge in [-0.25, -0.2) is 23.9 Å². The number of pyridine rings is 1. The predicted molar refractivity (Wildman–Crippen MR) is 177 cm³/mol. The lowest BCUT2D eigenvalue weighted by atomic mass is 10.1. The lowest BCUT2D eigenvalue weighted by Gasteiger charge is -2.26. The van der Waals surface area contributed by atoms with Gasteiger partial charge in [0.25, 0.3) is 0 Å². The first kappa shape index (κ1) is 34.1. The highest BCUT2D eigenvalue weighted by atomic mass is 32.1. The summed E-state index contributed by atoms with van der Waals surface area (Å²) in [6.45, 7) is 6.49. The molecule has 1 aromatic carbocycles. The van der Waals surface area contributed by atoms with Crippen LogP contribution in [0.1, 0.15) is 64.5 Å². The molecule has 2 N–H and O–H groups in total. The average Bonchev–Trinajstić information content (AvgIpc) is 3.50. The summed E-state index contributed by atoms with van der Waals surface area (Å²) in [4.78, 5) is 50.7. The lowest BCUT2D eigenvalue weighted by molar-refractivity contribution is -0.149. The summed E-state index contributed by atoms with van der Waals surface area (Å²) in [5, 5.41) is 8.70. The number of allylic oxidation sites excluding steroid dienone is 1. The summed E-state index contributed by atoms with van der Waals surface area (Å²) in [5.74, 6) is -1.25. The number of methoxy groups -OCH3 is 1. The minimum absolute atomic E-state index is 0.0147. The van der Waals surface area contributed by atoms with E-state index in [1.807, 2.05) is 31.4 Å². The number of nitrogens with zero attached hydrogens (tertiary/aromatic N) is 3. The zero-order valence-electron chi connectivity index (χ0n) is 27.4. The van der Waals surface area contributed by atoms with Crippen LogP contribution in [0.2, 0.25) is 0 Å². The molecule has 1 fully saturated rings. The number of ether oxygens (including phenoxy) is 3. The van der Waals surface area contributed by atoms with Gasteiger partial charge in [-0.05, 0) is 50.7 Å². The molecule has 1 aliphatic heterocycles. The Balaban J connectivity index is 1.42. The zero-order valence-corrected chi connectivity index (χ0v) is 28.2. The minimum atomic E-state index is -1.18. The van der Waals surface area contributed by atoms with Crippen LogP contribution >= 0.6 is 11.3 Å². The molecule has 3 atom stereocenters. The number of carbonyl (C=O) groups excluding carboxylic acids is 3. The van der Waals surface area contributed by atoms with Crippen molar-refractivity contribution in [2.75, 3.05) is 33.9 Å². The Hall–Kier alpha value is -4.26. The fourth-order valence-corrected chi connectivity index (χ4v) is 6.51. The van der Waals surface area contributed by atoms with Gasteiger partial charge in [-0.15, -0.1) is 11.3 Å². The van der Waals surface area contributed by atoms with E-state index in [0.29, 0.717) is 34.8 Å². The second kappa shape index (κ2) is 14.7. The first-order valence-electron chi connectivity index (χ1n) is 16.0. The number of urea groups is 1. The van der Waals surface area contributed by atoms with Crippen molar-refractivity contribution in [3.63, 3.8) is 0 Å². The largest absolute Gasteiger partial charge is 0.494 e. The van der Waals surface area contributed by atoms with E-state index in [0.717, 1.165) is 25.0 Å². The van der Waals surface area contributed by atoms with Crippen molar-refractivity contribution in [1.82, 2.24) is 25.5 Å². The molecule has 1 aliphatic carbocycles. The Morgan fingerprint density at radius 2 is 2.02 bits per heavy atom. The first-order chi connectivity index (χ1) is 22.6. The number of amides is 3. The van der Waals surface area contributed by atoms with Gasteiger partial charge < -0.3 is 29.7 Å². The molecule has 3 heterocycles. The van der Waals surface area contributed by atoms with Gasteiger partial charge in [-0.3, -0.25) is 4.79 Å². The smallest absolute Gasteiger partial charge is 0.332 e. The predicted octanol–water partition coefficient (Wildman–Crippen LogP) is 5.59. The van der Waals surface area contributed by atoms with E-state index in [1.165, 1.54) is 29.4 Å². The molecular weight excluding hydrogens is 625 g/mol. The molecule has 3 amide bonds. The van der Waals surface area contributed by atoms with E-state index >= 15 is 4.39 Å². The van der Waals surface area contributed by atoms with Gasteiger partial charge in [0.1, 0.15) is 33.5 Å². The summed E-state index contributed by atoms with van der Waals surface area (Å²) in [5.41, 5.74) is 0.216. The molecule has 11 nitrogen and oxygen atoms in total. The number of hydrogen-bond acceptors (Lipinski definition) is 9. The molecule has 0 radical (unpaired) electrons. The highest BCUT2D eigenvalue weighted by Crippen LogP contribution is 2.46. The van der Waals surface area contributed by atoms with Gasteiger partial charge in [0.05, 0.1) is 26.0 Å². The molecule has 2 aromatic heterocycles. The monoisotopic (exact) mass is 667 g/mol. The normalized spacial score (nSPS) is 21.9. The third-order valence-electron chi connectivity index (χ3n) is 8.51. The zero-order chi connectivity index (χ0) is 33.7. The van der Waals surface area contributed by atoms with Crippen LogP contribution in [0.4, 0.5) is 9.18 Å². The van der Waals surface area contributed by atoms with Crippen molar-refractivity contribution in [3.8, 4) is 22.2 Å². The van der Waals surface area contributed by atoms with Crippen molar-refractivity contribution >= 4 is 40.1 Å². The molecule has 0 spiro atoms. The summed E-state index contributed by atoms with van der Waals surface area (Å²) in [6, 6.07) is 3.43. The van der Waals surface area contributed by atoms with Gasteiger partial charge >= 0.3 is 12.0 Å². The fourth-order valence-electron chi connectivity index (χ4n) is 5.57. The third kappa shape index (κ3) is 7.50. The summed E-state index contributed by atoms with van der Waals surface area (Å²) in [7, 11) is 3.06. The molecule has 3 aromatic rings. The molecular formula is C34H42FN5O6S. The van der Waals surface area contributed by atoms with Gasteiger partial charge in [-0.2, -0.15) is 0 Å². The van der Waals surface area contributed by atoms with Crippen LogP contribution in [0, 0.1) is 11.7 Å². The van der Waals surface area contributed by atoms with E-state index in [-0.39, 0.29) is 42.7 Å².